The Morgan fingerprint density at radius 2 is 1.47 bits per heavy atom. The molecule has 2 rings (SSSR count). The lowest BCUT2D eigenvalue weighted by Gasteiger charge is -2.18. The predicted molar refractivity (Wildman–Crippen MR) is 74.8 cm³/mol. The summed E-state index contributed by atoms with van der Waals surface area (Å²) in [5.74, 6) is 0.0650. The molecule has 100 valence electrons. The van der Waals surface area contributed by atoms with Crippen molar-refractivity contribution in [2.75, 3.05) is 0 Å². The van der Waals surface area contributed by atoms with Crippen molar-refractivity contribution >= 4 is 11.6 Å². The highest BCUT2D eigenvalue weighted by atomic mass is 16.1. The molecule has 0 aliphatic heterocycles. The first-order valence-electron chi connectivity index (χ1n) is 6.59. The van der Waals surface area contributed by atoms with Gasteiger partial charge in [-0.05, 0) is 45.7 Å². The minimum atomic E-state index is 0.0214. The Hall–Kier alpha value is -1.90. The summed E-state index contributed by atoms with van der Waals surface area (Å²) in [5.41, 5.74) is 2.52. The van der Waals surface area contributed by atoms with Crippen molar-refractivity contribution in [1.82, 2.24) is 4.57 Å². The summed E-state index contributed by atoms with van der Waals surface area (Å²) in [4.78, 5) is 24.2. The van der Waals surface area contributed by atoms with Crippen molar-refractivity contribution in [3.8, 4) is 0 Å². The zero-order valence-corrected chi connectivity index (χ0v) is 11.7. The molecule has 0 atom stereocenters. The smallest absolute Gasteiger partial charge is 0.185 e. The largest absolute Gasteiger partial charge is 0.354 e. The van der Waals surface area contributed by atoms with E-state index in [0.717, 1.165) is 13.0 Å². The van der Waals surface area contributed by atoms with Crippen LogP contribution in [0.5, 0.6) is 0 Å². The fraction of sp³-hybridized carbons (Fsp3) is 0.375. The van der Waals surface area contributed by atoms with E-state index in [1.807, 2.05) is 24.5 Å². The fourth-order valence-electron chi connectivity index (χ4n) is 2.41. The van der Waals surface area contributed by atoms with E-state index in [-0.39, 0.29) is 11.6 Å². The van der Waals surface area contributed by atoms with E-state index in [0.29, 0.717) is 28.7 Å². The Morgan fingerprint density at radius 1 is 0.895 bits per heavy atom. The number of carbonyl (C=O) groups excluding carboxylic acids is 2. The van der Waals surface area contributed by atoms with Gasteiger partial charge in [-0.1, -0.05) is 0 Å². The highest BCUT2D eigenvalue weighted by Gasteiger charge is 2.27. The summed E-state index contributed by atoms with van der Waals surface area (Å²) >= 11 is 0. The second-order valence-electron chi connectivity index (χ2n) is 5.04. The molecule has 1 aliphatic rings. The van der Waals surface area contributed by atoms with Gasteiger partial charge in [0.15, 0.2) is 11.6 Å². The van der Waals surface area contributed by atoms with Crippen LogP contribution in [0.3, 0.4) is 0 Å². The van der Waals surface area contributed by atoms with E-state index in [1.54, 1.807) is 20.8 Å². The van der Waals surface area contributed by atoms with E-state index >= 15 is 0 Å². The summed E-state index contributed by atoms with van der Waals surface area (Å²) in [6.07, 6.45) is 5.54. The van der Waals surface area contributed by atoms with Crippen LogP contribution < -0.4 is 0 Å². The lowest BCUT2D eigenvalue weighted by Crippen LogP contribution is -2.20. The molecular weight excluding hydrogens is 238 g/mol. The van der Waals surface area contributed by atoms with Gasteiger partial charge >= 0.3 is 0 Å². The van der Waals surface area contributed by atoms with Gasteiger partial charge in [0.2, 0.25) is 0 Å². The molecule has 0 aromatic carbocycles. The maximum absolute atomic E-state index is 12.2. The minimum Gasteiger partial charge on any atom is -0.354 e. The van der Waals surface area contributed by atoms with E-state index in [9.17, 15) is 9.59 Å². The highest BCUT2D eigenvalue weighted by Crippen LogP contribution is 2.26. The average molecular weight is 257 g/mol. The maximum atomic E-state index is 12.2. The van der Waals surface area contributed by atoms with Crippen LogP contribution in [0.1, 0.15) is 33.6 Å². The Labute approximate surface area is 113 Å². The van der Waals surface area contributed by atoms with Crippen molar-refractivity contribution in [3.05, 3.63) is 46.8 Å². The van der Waals surface area contributed by atoms with Crippen LogP contribution in [0.15, 0.2) is 46.8 Å². The van der Waals surface area contributed by atoms with E-state index in [4.69, 9.17) is 0 Å². The van der Waals surface area contributed by atoms with Crippen LogP contribution in [0.4, 0.5) is 0 Å². The summed E-state index contributed by atoms with van der Waals surface area (Å²) < 4.78 is 2.08. The molecule has 1 aromatic rings. The Bertz CT molecular complexity index is 574. The van der Waals surface area contributed by atoms with E-state index in [1.165, 1.54) is 0 Å². The molecule has 0 saturated carbocycles. The molecule has 19 heavy (non-hydrogen) atoms. The summed E-state index contributed by atoms with van der Waals surface area (Å²) in [5, 5.41) is 0. The maximum Gasteiger partial charge on any atom is 0.185 e. The molecule has 0 bridgehead atoms. The highest BCUT2D eigenvalue weighted by molar-refractivity contribution is 6.24. The molecule has 0 saturated heterocycles. The van der Waals surface area contributed by atoms with Crippen LogP contribution in [0, 0.1) is 0 Å². The molecule has 0 fully saturated rings. The predicted octanol–water partition coefficient (Wildman–Crippen LogP) is 3.07. The molecule has 3 nitrogen and oxygen atoms in total. The van der Waals surface area contributed by atoms with Crippen LogP contribution >= 0.6 is 0 Å². The number of aromatic nitrogens is 1. The molecule has 0 N–H and O–H groups in total. The van der Waals surface area contributed by atoms with Crippen molar-refractivity contribution in [2.24, 2.45) is 0 Å². The normalized spacial score (nSPS) is 16.6. The van der Waals surface area contributed by atoms with Crippen LogP contribution in [0.25, 0.3) is 0 Å². The fourth-order valence-corrected chi connectivity index (χ4v) is 2.41. The third-order valence-electron chi connectivity index (χ3n) is 3.82. The third-order valence-corrected chi connectivity index (χ3v) is 3.82. The number of aryl methyl sites for hydroxylation is 1. The molecule has 1 aromatic heterocycles. The minimum absolute atomic E-state index is 0.0214. The number of Topliss-reactive ketones (excluding diaryl/α,β-unsaturated/α-hetero) is 2. The molecular formula is C16H19NO2. The number of carbonyl (C=O) groups is 2. The molecule has 0 unspecified atom stereocenters. The molecule has 1 heterocycles. The number of hydrogen-bond acceptors (Lipinski definition) is 2. The van der Waals surface area contributed by atoms with Gasteiger partial charge in [0.25, 0.3) is 0 Å². The first-order valence-corrected chi connectivity index (χ1v) is 6.59. The Kier molecular flexibility index (Phi) is 3.84. The van der Waals surface area contributed by atoms with E-state index in [2.05, 4.69) is 4.57 Å². The zero-order chi connectivity index (χ0) is 14.0. The number of allylic oxidation sites excluding steroid dienone is 4. The standard InChI is InChI=1S/C16H19NO2/c1-11-12(2)16(19)14(13(3)15(11)18)7-6-10-17-8-4-5-9-17/h4-5,8-9H,6-7,10H2,1-3H3. The van der Waals surface area contributed by atoms with Crippen molar-refractivity contribution < 1.29 is 9.59 Å². The second kappa shape index (κ2) is 5.39. The third kappa shape index (κ3) is 2.60. The first-order chi connectivity index (χ1) is 9.02. The molecule has 0 amide bonds. The lowest BCUT2D eigenvalue weighted by atomic mass is 9.84. The van der Waals surface area contributed by atoms with Gasteiger partial charge in [-0.25, -0.2) is 0 Å². The Morgan fingerprint density at radius 3 is 2.11 bits per heavy atom. The molecule has 0 radical (unpaired) electrons. The van der Waals surface area contributed by atoms with Crippen LogP contribution in [0.2, 0.25) is 0 Å². The van der Waals surface area contributed by atoms with Gasteiger partial charge in [0, 0.05) is 41.2 Å². The van der Waals surface area contributed by atoms with Gasteiger partial charge in [-0.15, -0.1) is 0 Å². The number of nitrogens with zero attached hydrogens (tertiary/aromatic N) is 1. The van der Waals surface area contributed by atoms with Gasteiger partial charge in [0.1, 0.15) is 0 Å². The van der Waals surface area contributed by atoms with Crippen LogP contribution in [-0.2, 0) is 16.1 Å². The Balaban J connectivity index is 2.07. The van der Waals surface area contributed by atoms with Crippen molar-refractivity contribution in [1.29, 1.82) is 0 Å². The van der Waals surface area contributed by atoms with Gasteiger partial charge in [0.05, 0.1) is 0 Å². The average Bonchev–Trinajstić information content (AvgIpc) is 2.91. The van der Waals surface area contributed by atoms with Gasteiger partial charge in [-0.3, -0.25) is 9.59 Å². The van der Waals surface area contributed by atoms with Crippen molar-refractivity contribution in [3.63, 3.8) is 0 Å². The van der Waals surface area contributed by atoms with Gasteiger partial charge in [-0.2, -0.15) is 0 Å². The summed E-state index contributed by atoms with van der Waals surface area (Å²) in [7, 11) is 0. The topological polar surface area (TPSA) is 39.1 Å². The monoisotopic (exact) mass is 257 g/mol. The first kappa shape index (κ1) is 13.5. The summed E-state index contributed by atoms with van der Waals surface area (Å²) in [6, 6.07) is 3.96. The SMILES string of the molecule is CC1=C(C)C(=O)C(CCCn2cccc2)=C(C)C1=O. The number of hydrogen-bond donors (Lipinski definition) is 0. The van der Waals surface area contributed by atoms with E-state index < -0.39 is 0 Å². The molecule has 3 heteroatoms. The lowest BCUT2D eigenvalue weighted by molar-refractivity contribution is -0.116. The molecule has 1 aliphatic carbocycles. The van der Waals surface area contributed by atoms with Gasteiger partial charge < -0.3 is 4.57 Å². The quantitative estimate of drug-likeness (QED) is 0.778. The summed E-state index contributed by atoms with van der Waals surface area (Å²) in [6.45, 7) is 6.11. The number of ketones is 2. The zero-order valence-electron chi connectivity index (χ0n) is 11.7. The van der Waals surface area contributed by atoms with Crippen molar-refractivity contribution in [2.45, 2.75) is 40.2 Å². The second-order valence-corrected chi connectivity index (χ2v) is 5.04. The van der Waals surface area contributed by atoms with Crippen LogP contribution in [-0.4, -0.2) is 16.1 Å². The number of rotatable bonds is 4. The molecule has 0 spiro atoms.